The van der Waals surface area contributed by atoms with Gasteiger partial charge in [0, 0.05) is 6.54 Å². The van der Waals surface area contributed by atoms with Crippen LogP contribution in [-0.2, 0) is 4.79 Å². The summed E-state index contributed by atoms with van der Waals surface area (Å²) < 4.78 is 0. The van der Waals surface area contributed by atoms with Crippen LogP contribution in [0.5, 0.6) is 0 Å². The standard InChI is InChI=1S/C16H24N2O/c1-12-8-9-17-15(10-12)16(19)18-11-13(2)14-6-4-3-5-7-14/h3-7,12-13,15,17H,8-11H2,1-2H3,(H,18,19). The summed E-state index contributed by atoms with van der Waals surface area (Å²) in [6.45, 7) is 6.02. The number of rotatable bonds is 4. The second-order valence-corrected chi connectivity index (χ2v) is 5.69. The molecular weight excluding hydrogens is 236 g/mol. The number of carbonyl (C=O) groups excluding carboxylic acids is 1. The van der Waals surface area contributed by atoms with Crippen molar-refractivity contribution in [2.75, 3.05) is 13.1 Å². The summed E-state index contributed by atoms with van der Waals surface area (Å²) in [4.78, 5) is 12.1. The molecule has 2 N–H and O–H groups in total. The van der Waals surface area contributed by atoms with Crippen molar-refractivity contribution < 1.29 is 4.79 Å². The molecule has 1 aliphatic heterocycles. The Kier molecular flexibility index (Phi) is 4.97. The van der Waals surface area contributed by atoms with Crippen LogP contribution in [0.3, 0.4) is 0 Å². The van der Waals surface area contributed by atoms with Crippen molar-refractivity contribution in [2.24, 2.45) is 5.92 Å². The maximum absolute atomic E-state index is 12.1. The predicted octanol–water partition coefficient (Wildman–Crippen LogP) is 2.29. The van der Waals surface area contributed by atoms with Gasteiger partial charge >= 0.3 is 0 Å². The highest BCUT2D eigenvalue weighted by Crippen LogP contribution is 2.16. The molecule has 3 heteroatoms. The van der Waals surface area contributed by atoms with Crippen molar-refractivity contribution >= 4 is 5.91 Å². The van der Waals surface area contributed by atoms with Gasteiger partial charge in [0.15, 0.2) is 0 Å². The van der Waals surface area contributed by atoms with Crippen molar-refractivity contribution in [3.05, 3.63) is 35.9 Å². The van der Waals surface area contributed by atoms with Gasteiger partial charge in [-0.25, -0.2) is 0 Å². The van der Waals surface area contributed by atoms with Gasteiger partial charge in [-0.05, 0) is 36.8 Å². The number of carbonyl (C=O) groups is 1. The van der Waals surface area contributed by atoms with E-state index in [1.54, 1.807) is 0 Å². The normalized spacial score (nSPS) is 24.7. The zero-order valence-corrected chi connectivity index (χ0v) is 11.9. The van der Waals surface area contributed by atoms with E-state index in [0.29, 0.717) is 18.4 Å². The van der Waals surface area contributed by atoms with Gasteiger partial charge in [-0.3, -0.25) is 4.79 Å². The van der Waals surface area contributed by atoms with Crippen LogP contribution >= 0.6 is 0 Å². The molecule has 3 atom stereocenters. The van der Waals surface area contributed by atoms with Crippen molar-refractivity contribution in [3.63, 3.8) is 0 Å². The molecule has 0 radical (unpaired) electrons. The molecule has 1 aromatic rings. The van der Waals surface area contributed by atoms with E-state index >= 15 is 0 Å². The average molecular weight is 260 g/mol. The minimum absolute atomic E-state index is 0.00766. The molecule has 0 saturated carbocycles. The van der Waals surface area contributed by atoms with E-state index in [1.165, 1.54) is 12.0 Å². The second kappa shape index (κ2) is 6.71. The van der Waals surface area contributed by atoms with Crippen LogP contribution in [0.4, 0.5) is 0 Å². The Labute approximate surface area is 115 Å². The van der Waals surface area contributed by atoms with Gasteiger partial charge in [0.05, 0.1) is 6.04 Å². The van der Waals surface area contributed by atoms with E-state index in [-0.39, 0.29) is 11.9 Å². The van der Waals surface area contributed by atoms with E-state index in [0.717, 1.165) is 13.0 Å². The maximum atomic E-state index is 12.1. The molecule has 0 bridgehead atoms. The number of piperidine rings is 1. The lowest BCUT2D eigenvalue weighted by molar-refractivity contribution is -0.124. The fraction of sp³-hybridized carbons (Fsp3) is 0.562. The number of hydrogen-bond donors (Lipinski definition) is 2. The predicted molar refractivity (Wildman–Crippen MR) is 78.1 cm³/mol. The Morgan fingerprint density at radius 3 is 2.84 bits per heavy atom. The van der Waals surface area contributed by atoms with Gasteiger partial charge in [0.2, 0.25) is 5.91 Å². The van der Waals surface area contributed by atoms with E-state index in [9.17, 15) is 4.79 Å². The molecule has 1 aromatic carbocycles. The third kappa shape index (κ3) is 4.06. The highest BCUT2D eigenvalue weighted by atomic mass is 16.2. The third-order valence-electron chi connectivity index (χ3n) is 3.93. The van der Waals surface area contributed by atoms with Crippen LogP contribution < -0.4 is 10.6 Å². The lowest BCUT2D eigenvalue weighted by atomic mass is 9.93. The van der Waals surface area contributed by atoms with Gasteiger partial charge in [0.1, 0.15) is 0 Å². The van der Waals surface area contributed by atoms with E-state index in [4.69, 9.17) is 0 Å². The van der Waals surface area contributed by atoms with Crippen LogP contribution in [-0.4, -0.2) is 25.0 Å². The minimum atomic E-state index is -0.00766. The Balaban J connectivity index is 1.80. The first-order valence-corrected chi connectivity index (χ1v) is 7.23. The number of benzene rings is 1. The molecule has 3 unspecified atom stereocenters. The molecule has 0 aliphatic carbocycles. The van der Waals surface area contributed by atoms with Crippen molar-refractivity contribution in [2.45, 2.75) is 38.6 Å². The lowest BCUT2D eigenvalue weighted by Crippen LogP contribution is -2.49. The third-order valence-corrected chi connectivity index (χ3v) is 3.93. The van der Waals surface area contributed by atoms with Crippen LogP contribution in [0.25, 0.3) is 0 Å². The lowest BCUT2D eigenvalue weighted by Gasteiger charge is -2.27. The second-order valence-electron chi connectivity index (χ2n) is 5.69. The fourth-order valence-corrected chi connectivity index (χ4v) is 2.58. The highest BCUT2D eigenvalue weighted by Gasteiger charge is 2.24. The molecular formula is C16H24N2O. The number of nitrogens with one attached hydrogen (secondary N) is 2. The zero-order valence-electron chi connectivity index (χ0n) is 11.9. The minimum Gasteiger partial charge on any atom is -0.354 e. The van der Waals surface area contributed by atoms with Crippen molar-refractivity contribution in [1.82, 2.24) is 10.6 Å². The fourth-order valence-electron chi connectivity index (χ4n) is 2.58. The Bertz CT molecular complexity index is 404. The largest absolute Gasteiger partial charge is 0.354 e. The number of hydrogen-bond acceptors (Lipinski definition) is 2. The van der Waals surface area contributed by atoms with Gasteiger partial charge in [0.25, 0.3) is 0 Å². The summed E-state index contributed by atoms with van der Waals surface area (Å²) in [7, 11) is 0. The quantitative estimate of drug-likeness (QED) is 0.872. The molecule has 1 fully saturated rings. The van der Waals surface area contributed by atoms with Crippen LogP contribution in [0, 0.1) is 5.92 Å². The average Bonchev–Trinajstić information content (AvgIpc) is 2.45. The Morgan fingerprint density at radius 2 is 2.16 bits per heavy atom. The van der Waals surface area contributed by atoms with Gasteiger partial charge < -0.3 is 10.6 Å². The van der Waals surface area contributed by atoms with E-state index in [1.807, 2.05) is 18.2 Å². The monoisotopic (exact) mass is 260 g/mol. The topological polar surface area (TPSA) is 41.1 Å². The molecule has 0 spiro atoms. The van der Waals surface area contributed by atoms with E-state index < -0.39 is 0 Å². The molecule has 3 nitrogen and oxygen atoms in total. The van der Waals surface area contributed by atoms with E-state index in [2.05, 4.69) is 36.6 Å². The summed E-state index contributed by atoms with van der Waals surface area (Å²) in [5, 5.41) is 6.37. The summed E-state index contributed by atoms with van der Waals surface area (Å²) in [5.74, 6) is 1.14. The molecule has 1 amide bonds. The number of amides is 1. The van der Waals surface area contributed by atoms with Crippen LogP contribution in [0.2, 0.25) is 0 Å². The summed E-state index contributed by atoms with van der Waals surface area (Å²) in [6, 6.07) is 10.3. The van der Waals surface area contributed by atoms with Crippen LogP contribution in [0.15, 0.2) is 30.3 Å². The van der Waals surface area contributed by atoms with Crippen LogP contribution in [0.1, 0.15) is 38.2 Å². The first-order chi connectivity index (χ1) is 9.16. The smallest absolute Gasteiger partial charge is 0.237 e. The molecule has 19 heavy (non-hydrogen) atoms. The van der Waals surface area contributed by atoms with Crippen molar-refractivity contribution in [3.8, 4) is 0 Å². The first kappa shape index (κ1) is 14.1. The highest BCUT2D eigenvalue weighted by molar-refractivity contribution is 5.81. The molecule has 1 heterocycles. The molecule has 2 rings (SSSR count). The summed E-state index contributed by atoms with van der Waals surface area (Å²) in [5.41, 5.74) is 1.27. The molecule has 104 valence electrons. The SMILES string of the molecule is CC1CCNC(C(=O)NCC(C)c2ccccc2)C1. The summed E-state index contributed by atoms with van der Waals surface area (Å²) in [6.07, 6.45) is 2.12. The molecule has 1 saturated heterocycles. The maximum Gasteiger partial charge on any atom is 0.237 e. The molecule has 1 aliphatic rings. The Morgan fingerprint density at radius 1 is 1.42 bits per heavy atom. The Hall–Kier alpha value is -1.35. The van der Waals surface area contributed by atoms with Gasteiger partial charge in [-0.2, -0.15) is 0 Å². The van der Waals surface area contributed by atoms with Gasteiger partial charge in [-0.15, -0.1) is 0 Å². The first-order valence-electron chi connectivity index (χ1n) is 7.23. The molecule has 0 aromatic heterocycles. The summed E-state index contributed by atoms with van der Waals surface area (Å²) >= 11 is 0. The van der Waals surface area contributed by atoms with Gasteiger partial charge in [-0.1, -0.05) is 44.2 Å². The van der Waals surface area contributed by atoms with Crippen molar-refractivity contribution in [1.29, 1.82) is 0 Å². The zero-order chi connectivity index (χ0) is 13.7.